The molecule has 2 aliphatic heterocycles. The number of fused-ring (bicyclic) bond motifs is 1. The van der Waals surface area contributed by atoms with Gasteiger partial charge in [-0.25, -0.2) is 14.8 Å². The molecule has 1 aromatic rings. The molecule has 3 rings (SSSR count). The number of carbonyl (C=O) groups is 1. The first kappa shape index (κ1) is 15.0. The van der Waals surface area contributed by atoms with E-state index in [1.54, 1.807) is 4.90 Å². The molecule has 1 saturated heterocycles. The molecule has 0 unspecified atom stereocenters. The normalized spacial score (nSPS) is 17.3. The highest BCUT2D eigenvalue weighted by Gasteiger charge is 2.33. The van der Waals surface area contributed by atoms with Gasteiger partial charge in [0.15, 0.2) is 5.82 Å². The third-order valence-electron chi connectivity index (χ3n) is 3.76. The van der Waals surface area contributed by atoms with E-state index in [1.165, 1.54) is 0 Å². The molecule has 1 amide bonds. The Labute approximate surface area is 129 Å². The van der Waals surface area contributed by atoms with Crippen LogP contribution in [0.4, 0.5) is 10.6 Å². The van der Waals surface area contributed by atoms with Crippen LogP contribution in [0.3, 0.4) is 0 Å². The quantitative estimate of drug-likeness (QED) is 0.890. The Morgan fingerprint density at radius 2 is 2.00 bits per heavy atom. The third kappa shape index (κ3) is 2.85. The molecule has 1 fully saturated rings. The Kier molecular flexibility index (Phi) is 3.68. The maximum Gasteiger partial charge on any atom is 0.410 e. The molecule has 3 heterocycles. The van der Waals surface area contributed by atoms with Gasteiger partial charge in [0.1, 0.15) is 18.0 Å². The van der Waals surface area contributed by atoms with E-state index in [1.807, 2.05) is 20.8 Å². The van der Waals surface area contributed by atoms with Gasteiger partial charge in [-0.3, -0.25) is 4.90 Å². The van der Waals surface area contributed by atoms with Gasteiger partial charge in [0.2, 0.25) is 0 Å². The standard InChI is InChI=1S/C15H22N4O3/c1-15(2,3)22-14(21)19-7-10-11(8-19)16-12(9-20)17-13(10)18-5-4-6-18/h20H,4-9H2,1-3H3. The van der Waals surface area contributed by atoms with Gasteiger partial charge in [0.25, 0.3) is 0 Å². The number of hydrogen-bond acceptors (Lipinski definition) is 6. The molecule has 0 radical (unpaired) electrons. The van der Waals surface area contributed by atoms with E-state index >= 15 is 0 Å². The monoisotopic (exact) mass is 306 g/mol. The number of aromatic nitrogens is 2. The van der Waals surface area contributed by atoms with Crippen LogP contribution in [0.1, 0.15) is 44.3 Å². The number of hydrogen-bond donors (Lipinski definition) is 1. The van der Waals surface area contributed by atoms with Crippen molar-refractivity contribution >= 4 is 11.9 Å². The molecule has 7 heteroatoms. The van der Waals surface area contributed by atoms with Gasteiger partial charge in [-0.05, 0) is 27.2 Å². The molecule has 2 aliphatic rings. The molecule has 0 saturated carbocycles. The largest absolute Gasteiger partial charge is 0.444 e. The van der Waals surface area contributed by atoms with Crippen LogP contribution in [0.5, 0.6) is 0 Å². The van der Waals surface area contributed by atoms with Crippen LogP contribution in [0, 0.1) is 0 Å². The van der Waals surface area contributed by atoms with Crippen molar-refractivity contribution in [3.8, 4) is 0 Å². The van der Waals surface area contributed by atoms with Crippen LogP contribution >= 0.6 is 0 Å². The Morgan fingerprint density at radius 1 is 1.27 bits per heavy atom. The van der Waals surface area contributed by atoms with Gasteiger partial charge in [-0.15, -0.1) is 0 Å². The number of aliphatic hydroxyl groups excluding tert-OH is 1. The molecule has 1 N–H and O–H groups in total. The van der Waals surface area contributed by atoms with Crippen LogP contribution < -0.4 is 4.90 Å². The van der Waals surface area contributed by atoms with Crippen molar-refractivity contribution in [2.45, 2.75) is 52.5 Å². The fourth-order valence-electron chi connectivity index (χ4n) is 2.60. The Bertz CT molecular complexity index is 593. The number of amides is 1. The van der Waals surface area contributed by atoms with Crippen molar-refractivity contribution in [3.05, 3.63) is 17.1 Å². The number of rotatable bonds is 2. The lowest BCUT2D eigenvalue weighted by Crippen LogP contribution is -2.39. The van der Waals surface area contributed by atoms with Gasteiger partial charge in [-0.1, -0.05) is 0 Å². The molecule has 0 spiro atoms. The summed E-state index contributed by atoms with van der Waals surface area (Å²) in [5.74, 6) is 1.26. The molecular weight excluding hydrogens is 284 g/mol. The Hall–Kier alpha value is -1.89. The van der Waals surface area contributed by atoms with Crippen molar-refractivity contribution in [1.29, 1.82) is 0 Å². The molecule has 7 nitrogen and oxygen atoms in total. The van der Waals surface area contributed by atoms with E-state index in [0.717, 1.165) is 36.6 Å². The summed E-state index contributed by atoms with van der Waals surface area (Å²) in [4.78, 5) is 24.8. The van der Waals surface area contributed by atoms with E-state index in [-0.39, 0.29) is 12.7 Å². The summed E-state index contributed by atoms with van der Waals surface area (Å²) in [5.41, 5.74) is 1.27. The second-order valence-electron chi connectivity index (χ2n) is 6.72. The van der Waals surface area contributed by atoms with E-state index in [0.29, 0.717) is 18.9 Å². The molecule has 120 valence electrons. The first-order chi connectivity index (χ1) is 10.4. The zero-order valence-corrected chi connectivity index (χ0v) is 13.3. The lowest BCUT2D eigenvalue weighted by molar-refractivity contribution is 0.0240. The van der Waals surface area contributed by atoms with Gasteiger partial charge < -0.3 is 14.7 Å². The third-order valence-corrected chi connectivity index (χ3v) is 3.76. The molecule has 0 aromatic carbocycles. The highest BCUT2D eigenvalue weighted by Crippen LogP contribution is 2.32. The summed E-state index contributed by atoms with van der Waals surface area (Å²) in [5, 5.41) is 9.34. The highest BCUT2D eigenvalue weighted by atomic mass is 16.6. The summed E-state index contributed by atoms with van der Waals surface area (Å²) in [6, 6.07) is 0. The lowest BCUT2D eigenvalue weighted by Gasteiger charge is -2.33. The molecule has 0 atom stereocenters. The number of anilines is 1. The number of aliphatic hydroxyl groups is 1. The van der Waals surface area contributed by atoms with E-state index in [2.05, 4.69) is 14.9 Å². The predicted molar refractivity (Wildman–Crippen MR) is 80.3 cm³/mol. The number of carbonyl (C=O) groups excluding carboxylic acids is 1. The van der Waals surface area contributed by atoms with Crippen molar-refractivity contribution in [1.82, 2.24) is 14.9 Å². The van der Waals surface area contributed by atoms with Gasteiger partial charge >= 0.3 is 6.09 Å². The first-order valence-electron chi connectivity index (χ1n) is 7.60. The first-order valence-corrected chi connectivity index (χ1v) is 7.60. The number of ether oxygens (including phenoxy) is 1. The predicted octanol–water partition coefficient (Wildman–Crippen LogP) is 1.43. The summed E-state index contributed by atoms with van der Waals surface area (Å²) in [6.45, 7) is 8.14. The molecule has 0 aliphatic carbocycles. The maximum atomic E-state index is 12.2. The summed E-state index contributed by atoms with van der Waals surface area (Å²) in [6.07, 6.45) is 0.800. The van der Waals surface area contributed by atoms with Gasteiger partial charge in [0.05, 0.1) is 18.8 Å². The van der Waals surface area contributed by atoms with Crippen molar-refractivity contribution in [3.63, 3.8) is 0 Å². The minimum atomic E-state index is -0.520. The van der Waals surface area contributed by atoms with Gasteiger partial charge in [0, 0.05) is 18.7 Å². The Balaban J connectivity index is 1.84. The second kappa shape index (κ2) is 5.39. The van der Waals surface area contributed by atoms with Crippen LogP contribution in [0.25, 0.3) is 0 Å². The fourth-order valence-corrected chi connectivity index (χ4v) is 2.60. The lowest BCUT2D eigenvalue weighted by atomic mass is 10.1. The summed E-state index contributed by atoms with van der Waals surface area (Å²) >= 11 is 0. The van der Waals surface area contributed by atoms with Crippen LogP contribution in [-0.2, 0) is 24.4 Å². The number of nitrogens with zero attached hydrogens (tertiary/aromatic N) is 4. The average Bonchev–Trinajstić information content (AvgIpc) is 2.78. The fraction of sp³-hybridized carbons (Fsp3) is 0.667. The molecular formula is C15H22N4O3. The second-order valence-corrected chi connectivity index (χ2v) is 6.72. The smallest absolute Gasteiger partial charge is 0.410 e. The molecule has 1 aromatic heterocycles. The van der Waals surface area contributed by atoms with Crippen molar-refractivity contribution in [2.75, 3.05) is 18.0 Å². The SMILES string of the molecule is CC(C)(C)OC(=O)N1Cc2nc(CO)nc(N3CCC3)c2C1. The zero-order valence-electron chi connectivity index (χ0n) is 13.3. The Morgan fingerprint density at radius 3 is 2.55 bits per heavy atom. The van der Waals surface area contributed by atoms with Crippen LogP contribution in [0.15, 0.2) is 0 Å². The maximum absolute atomic E-state index is 12.2. The van der Waals surface area contributed by atoms with E-state index in [9.17, 15) is 9.90 Å². The van der Waals surface area contributed by atoms with E-state index in [4.69, 9.17) is 4.74 Å². The van der Waals surface area contributed by atoms with Crippen LogP contribution in [-0.4, -0.2) is 44.8 Å². The van der Waals surface area contributed by atoms with Crippen LogP contribution in [0.2, 0.25) is 0 Å². The minimum Gasteiger partial charge on any atom is -0.444 e. The zero-order chi connectivity index (χ0) is 15.9. The topological polar surface area (TPSA) is 78.8 Å². The highest BCUT2D eigenvalue weighted by molar-refractivity contribution is 5.70. The summed E-state index contributed by atoms with van der Waals surface area (Å²) in [7, 11) is 0. The van der Waals surface area contributed by atoms with E-state index < -0.39 is 5.60 Å². The van der Waals surface area contributed by atoms with Crippen molar-refractivity contribution in [2.24, 2.45) is 0 Å². The van der Waals surface area contributed by atoms with Gasteiger partial charge in [-0.2, -0.15) is 0 Å². The molecule has 0 bridgehead atoms. The molecule has 22 heavy (non-hydrogen) atoms. The average molecular weight is 306 g/mol. The van der Waals surface area contributed by atoms with Crippen molar-refractivity contribution < 1.29 is 14.6 Å². The summed E-state index contributed by atoms with van der Waals surface area (Å²) < 4.78 is 5.43. The minimum absolute atomic E-state index is 0.194.